The van der Waals surface area contributed by atoms with Crippen LogP contribution < -0.4 is 10.1 Å². The third-order valence-electron chi connectivity index (χ3n) is 4.03. The second kappa shape index (κ2) is 6.98. The van der Waals surface area contributed by atoms with Gasteiger partial charge in [-0.25, -0.2) is 4.98 Å². The number of amides is 1. The van der Waals surface area contributed by atoms with Crippen LogP contribution >= 0.6 is 11.3 Å². The first-order chi connectivity index (χ1) is 12.7. The standard InChI is InChI=1S/C21H16N2O2S/c1-25-16-7-4-5-14(13-16)9-12-19(24)22-21-23-20-17-8-3-2-6-15(17)10-11-18(20)26-21/h2-13H,1H3,(H,22,23,24)/b12-9+. The number of nitrogens with zero attached hydrogens (tertiary/aromatic N) is 1. The third kappa shape index (κ3) is 3.30. The Morgan fingerprint density at radius 1 is 1.12 bits per heavy atom. The summed E-state index contributed by atoms with van der Waals surface area (Å²) in [6.45, 7) is 0. The van der Waals surface area contributed by atoms with E-state index >= 15 is 0 Å². The van der Waals surface area contributed by atoms with E-state index in [1.807, 2.05) is 48.5 Å². The summed E-state index contributed by atoms with van der Waals surface area (Å²) in [6, 6.07) is 19.8. The fraction of sp³-hybridized carbons (Fsp3) is 0.0476. The molecule has 4 nitrogen and oxygen atoms in total. The quantitative estimate of drug-likeness (QED) is 0.515. The van der Waals surface area contributed by atoms with Crippen LogP contribution in [0.15, 0.2) is 66.7 Å². The largest absolute Gasteiger partial charge is 0.497 e. The molecule has 128 valence electrons. The molecule has 0 fully saturated rings. The highest BCUT2D eigenvalue weighted by atomic mass is 32.1. The number of methoxy groups -OCH3 is 1. The Morgan fingerprint density at radius 3 is 2.88 bits per heavy atom. The van der Waals surface area contributed by atoms with Crippen LogP contribution in [-0.2, 0) is 4.79 Å². The monoisotopic (exact) mass is 360 g/mol. The first-order valence-electron chi connectivity index (χ1n) is 8.14. The molecule has 0 radical (unpaired) electrons. The summed E-state index contributed by atoms with van der Waals surface area (Å²) < 4.78 is 6.23. The van der Waals surface area contributed by atoms with Crippen molar-refractivity contribution in [3.63, 3.8) is 0 Å². The molecular formula is C21H16N2O2S. The van der Waals surface area contributed by atoms with Gasteiger partial charge in [0.15, 0.2) is 5.13 Å². The van der Waals surface area contributed by atoms with Gasteiger partial charge in [0.2, 0.25) is 5.91 Å². The van der Waals surface area contributed by atoms with Crippen molar-refractivity contribution in [1.82, 2.24) is 4.98 Å². The van der Waals surface area contributed by atoms with E-state index in [0.717, 1.165) is 32.3 Å². The highest BCUT2D eigenvalue weighted by Crippen LogP contribution is 2.31. The Balaban J connectivity index is 1.55. The maximum atomic E-state index is 12.2. The number of ether oxygens (including phenoxy) is 1. The molecule has 0 saturated heterocycles. The van der Waals surface area contributed by atoms with Crippen LogP contribution in [0.25, 0.3) is 27.1 Å². The molecule has 0 spiro atoms. The van der Waals surface area contributed by atoms with Gasteiger partial charge in [-0.15, -0.1) is 0 Å². The van der Waals surface area contributed by atoms with Gasteiger partial charge in [0.05, 0.1) is 17.3 Å². The SMILES string of the molecule is COc1cccc(/C=C/C(=O)Nc2nc3c(ccc4ccccc43)s2)c1. The van der Waals surface area contributed by atoms with Gasteiger partial charge in [-0.3, -0.25) is 10.1 Å². The zero-order chi connectivity index (χ0) is 17.9. The third-order valence-corrected chi connectivity index (χ3v) is 4.97. The number of thiazole rings is 1. The van der Waals surface area contributed by atoms with Crippen molar-refractivity contribution in [1.29, 1.82) is 0 Å². The van der Waals surface area contributed by atoms with Crippen LogP contribution in [0, 0.1) is 0 Å². The molecule has 1 heterocycles. The Labute approximate surface area is 154 Å². The fourth-order valence-corrected chi connectivity index (χ4v) is 3.66. The maximum absolute atomic E-state index is 12.2. The van der Waals surface area contributed by atoms with E-state index in [1.54, 1.807) is 13.2 Å². The van der Waals surface area contributed by atoms with E-state index in [0.29, 0.717) is 5.13 Å². The lowest BCUT2D eigenvalue weighted by molar-refractivity contribution is -0.111. The summed E-state index contributed by atoms with van der Waals surface area (Å²) in [6.07, 6.45) is 3.25. The van der Waals surface area contributed by atoms with Crippen molar-refractivity contribution in [2.45, 2.75) is 0 Å². The van der Waals surface area contributed by atoms with E-state index in [2.05, 4.69) is 22.4 Å². The van der Waals surface area contributed by atoms with Crippen LogP contribution in [0.3, 0.4) is 0 Å². The molecule has 1 N–H and O–H groups in total. The number of rotatable bonds is 4. The minimum atomic E-state index is -0.212. The summed E-state index contributed by atoms with van der Waals surface area (Å²) in [5, 5.41) is 5.67. The van der Waals surface area contributed by atoms with E-state index < -0.39 is 0 Å². The smallest absolute Gasteiger partial charge is 0.250 e. The Hall–Kier alpha value is -3.18. The first kappa shape index (κ1) is 16.3. The van der Waals surface area contributed by atoms with Gasteiger partial charge in [-0.05, 0) is 35.2 Å². The highest BCUT2D eigenvalue weighted by Gasteiger charge is 2.08. The van der Waals surface area contributed by atoms with E-state index in [1.165, 1.54) is 17.4 Å². The van der Waals surface area contributed by atoms with E-state index in [4.69, 9.17) is 4.74 Å². The summed E-state index contributed by atoms with van der Waals surface area (Å²) in [7, 11) is 1.62. The number of aromatic nitrogens is 1. The van der Waals surface area contributed by atoms with Crippen LogP contribution in [0.4, 0.5) is 5.13 Å². The van der Waals surface area contributed by atoms with Crippen molar-refractivity contribution < 1.29 is 9.53 Å². The molecule has 0 aliphatic rings. The molecule has 0 unspecified atom stereocenters. The number of carbonyl (C=O) groups is 1. The summed E-state index contributed by atoms with van der Waals surface area (Å²) in [5.41, 5.74) is 1.81. The van der Waals surface area contributed by atoms with Gasteiger partial charge in [0.1, 0.15) is 5.75 Å². The fourth-order valence-electron chi connectivity index (χ4n) is 2.78. The predicted molar refractivity (Wildman–Crippen MR) is 108 cm³/mol. The average molecular weight is 360 g/mol. The molecule has 4 aromatic rings. The lowest BCUT2D eigenvalue weighted by Gasteiger charge is -2.00. The molecule has 4 rings (SSSR count). The highest BCUT2D eigenvalue weighted by molar-refractivity contribution is 7.22. The molecule has 1 aromatic heterocycles. The molecule has 0 saturated carbocycles. The second-order valence-electron chi connectivity index (χ2n) is 5.75. The van der Waals surface area contributed by atoms with Crippen molar-refractivity contribution in [3.05, 3.63) is 72.3 Å². The van der Waals surface area contributed by atoms with Gasteiger partial charge in [0, 0.05) is 11.5 Å². The minimum Gasteiger partial charge on any atom is -0.497 e. The van der Waals surface area contributed by atoms with Crippen LogP contribution in [0.5, 0.6) is 5.75 Å². The summed E-state index contributed by atoms with van der Waals surface area (Å²) >= 11 is 1.47. The average Bonchev–Trinajstić information content (AvgIpc) is 3.09. The van der Waals surface area contributed by atoms with Gasteiger partial charge >= 0.3 is 0 Å². The zero-order valence-electron chi connectivity index (χ0n) is 14.1. The Bertz CT molecular complexity index is 1130. The van der Waals surface area contributed by atoms with Gasteiger partial charge in [-0.1, -0.05) is 53.8 Å². The molecule has 5 heteroatoms. The summed E-state index contributed by atoms with van der Waals surface area (Å²) in [4.78, 5) is 16.8. The van der Waals surface area contributed by atoms with E-state index in [-0.39, 0.29) is 5.91 Å². The topological polar surface area (TPSA) is 51.2 Å². The lowest BCUT2D eigenvalue weighted by atomic mass is 10.1. The summed E-state index contributed by atoms with van der Waals surface area (Å²) in [5.74, 6) is 0.543. The number of benzene rings is 3. The lowest BCUT2D eigenvalue weighted by Crippen LogP contribution is -2.07. The van der Waals surface area contributed by atoms with Gasteiger partial charge in [0.25, 0.3) is 0 Å². The van der Waals surface area contributed by atoms with Crippen LogP contribution in [0.2, 0.25) is 0 Å². The van der Waals surface area contributed by atoms with E-state index in [9.17, 15) is 4.79 Å². The number of carbonyl (C=O) groups excluding carboxylic acids is 1. The molecular weight excluding hydrogens is 344 g/mol. The Morgan fingerprint density at radius 2 is 2.00 bits per heavy atom. The number of hydrogen-bond donors (Lipinski definition) is 1. The molecule has 26 heavy (non-hydrogen) atoms. The molecule has 0 atom stereocenters. The molecule has 1 amide bonds. The molecule has 0 aliphatic carbocycles. The number of nitrogens with one attached hydrogen (secondary N) is 1. The van der Waals surface area contributed by atoms with Crippen molar-refractivity contribution in [2.24, 2.45) is 0 Å². The molecule has 3 aromatic carbocycles. The van der Waals surface area contributed by atoms with Crippen molar-refractivity contribution in [3.8, 4) is 5.75 Å². The maximum Gasteiger partial charge on any atom is 0.250 e. The molecule has 0 aliphatic heterocycles. The normalized spacial score (nSPS) is 11.3. The number of hydrogen-bond acceptors (Lipinski definition) is 4. The Kier molecular flexibility index (Phi) is 4.37. The van der Waals surface area contributed by atoms with Crippen molar-refractivity contribution in [2.75, 3.05) is 12.4 Å². The number of anilines is 1. The van der Waals surface area contributed by atoms with Crippen molar-refractivity contribution >= 4 is 49.4 Å². The van der Waals surface area contributed by atoms with Crippen LogP contribution in [-0.4, -0.2) is 18.0 Å². The predicted octanol–water partition coefficient (Wildman–Crippen LogP) is 5.11. The minimum absolute atomic E-state index is 0.212. The second-order valence-corrected chi connectivity index (χ2v) is 6.78. The van der Waals surface area contributed by atoms with Gasteiger partial charge in [-0.2, -0.15) is 0 Å². The zero-order valence-corrected chi connectivity index (χ0v) is 14.9. The van der Waals surface area contributed by atoms with Crippen LogP contribution in [0.1, 0.15) is 5.56 Å². The number of fused-ring (bicyclic) bond motifs is 3. The first-order valence-corrected chi connectivity index (χ1v) is 8.96. The molecule has 0 bridgehead atoms. The van der Waals surface area contributed by atoms with Gasteiger partial charge < -0.3 is 4.74 Å².